The fraction of sp³-hybridized carbons (Fsp3) is 0.214. The Morgan fingerprint density at radius 1 is 1.39 bits per heavy atom. The molecule has 0 aromatic heterocycles. The highest BCUT2D eigenvalue weighted by atomic mass is 79.9. The lowest BCUT2D eigenvalue weighted by molar-refractivity contribution is -0.137. The summed E-state index contributed by atoms with van der Waals surface area (Å²) in [6.45, 7) is 2.15. The van der Waals surface area contributed by atoms with Crippen molar-refractivity contribution < 1.29 is 14.3 Å². The lowest BCUT2D eigenvalue weighted by atomic mass is 10.2. The van der Waals surface area contributed by atoms with Gasteiger partial charge in [-0.15, -0.1) is 0 Å². The minimum absolute atomic E-state index is 0.344. The molecule has 0 aliphatic rings. The molecule has 1 rings (SSSR count). The van der Waals surface area contributed by atoms with Crippen molar-refractivity contribution in [3.63, 3.8) is 0 Å². The third kappa shape index (κ3) is 4.75. The van der Waals surface area contributed by atoms with E-state index < -0.39 is 0 Å². The Hall–Kier alpha value is -1.55. The Morgan fingerprint density at radius 3 is 2.83 bits per heavy atom. The van der Waals surface area contributed by atoms with Crippen LogP contribution in [0.2, 0.25) is 0 Å². The van der Waals surface area contributed by atoms with Gasteiger partial charge in [-0.2, -0.15) is 0 Å². The second kappa shape index (κ2) is 7.71. The first-order valence-corrected chi connectivity index (χ1v) is 6.31. The van der Waals surface area contributed by atoms with E-state index in [4.69, 9.17) is 9.47 Å². The number of ether oxygens (including phenoxy) is 2. The maximum absolute atomic E-state index is 11.1. The quantitative estimate of drug-likeness (QED) is 0.473. The maximum Gasteiger partial charge on any atom is 0.330 e. The summed E-state index contributed by atoms with van der Waals surface area (Å²) in [7, 11) is 1.62. The number of rotatable bonds is 5. The van der Waals surface area contributed by atoms with Crippen LogP contribution in [0.4, 0.5) is 0 Å². The number of methoxy groups -OCH3 is 1. The Morgan fingerprint density at radius 2 is 2.17 bits per heavy atom. The molecule has 0 radical (unpaired) electrons. The van der Waals surface area contributed by atoms with Crippen LogP contribution >= 0.6 is 15.9 Å². The lowest BCUT2D eigenvalue weighted by Gasteiger charge is -2.04. The van der Waals surface area contributed by atoms with E-state index in [2.05, 4.69) is 15.9 Å². The molecule has 0 aliphatic heterocycles. The molecule has 0 bridgehead atoms. The number of halogens is 1. The van der Waals surface area contributed by atoms with Crippen molar-refractivity contribution in [1.82, 2.24) is 0 Å². The van der Waals surface area contributed by atoms with Crippen molar-refractivity contribution in [2.24, 2.45) is 0 Å². The van der Waals surface area contributed by atoms with Crippen LogP contribution in [0.15, 0.2) is 40.9 Å². The summed E-state index contributed by atoms with van der Waals surface area (Å²) in [6.07, 6.45) is 6.64. The van der Waals surface area contributed by atoms with Gasteiger partial charge in [0.2, 0.25) is 0 Å². The second-order valence-corrected chi connectivity index (χ2v) is 4.27. The second-order valence-electron chi connectivity index (χ2n) is 3.36. The highest BCUT2D eigenvalue weighted by Crippen LogP contribution is 2.24. The number of hydrogen-bond acceptors (Lipinski definition) is 3. The summed E-state index contributed by atoms with van der Waals surface area (Å²) >= 11 is 3.40. The van der Waals surface area contributed by atoms with Gasteiger partial charge in [-0.1, -0.05) is 34.2 Å². The molecule has 0 aliphatic carbocycles. The minimum Gasteiger partial charge on any atom is -0.496 e. The summed E-state index contributed by atoms with van der Waals surface area (Å²) in [5.74, 6) is 0.433. The van der Waals surface area contributed by atoms with E-state index in [9.17, 15) is 4.79 Å². The molecule has 96 valence electrons. The van der Waals surface area contributed by atoms with E-state index in [-0.39, 0.29) is 5.97 Å². The van der Waals surface area contributed by atoms with Gasteiger partial charge in [0, 0.05) is 16.1 Å². The summed E-state index contributed by atoms with van der Waals surface area (Å²) < 4.78 is 11.0. The van der Waals surface area contributed by atoms with Gasteiger partial charge in [0.15, 0.2) is 0 Å². The van der Waals surface area contributed by atoms with E-state index in [1.807, 2.05) is 24.3 Å². The molecule has 18 heavy (non-hydrogen) atoms. The lowest BCUT2D eigenvalue weighted by Crippen LogP contribution is -1.98. The van der Waals surface area contributed by atoms with Gasteiger partial charge in [0.1, 0.15) is 5.75 Å². The summed E-state index contributed by atoms with van der Waals surface area (Å²) in [5.41, 5.74) is 0.931. The fourth-order valence-electron chi connectivity index (χ4n) is 1.32. The minimum atomic E-state index is -0.344. The number of benzene rings is 1. The van der Waals surface area contributed by atoms with Gasteiger partial charge in [0.05, 0.1) is 13.7 Å². The Bertz CT molecular complexity index is 464. The standard InChI is InChI=1S/C14H15BrO3/c1-3-18-14(16)7-5-4-6-11-10-12(15)8-9-13(11)17-2/h4-10H,3H2,1-2H3. The summed E-state index contributed by atoms with van der Waals surface area (Å²) in [4.78, 5) is 11.1. The largest absolute Gasteiger partial charge is 0.496 e. The van der Waals surface area contributed by atoms with Gasteiger partial charge in [-0.05, 0) is 25.1 Å². The van der Waals surface area contributed by atoms with Crippen LogP contribution in [-0.4, -0.2) is 19.7 Å². The molecule has 0 fully saturated rings. The molecular weight excluding hydrogens is 296 g/mol. The van der Waals surface area contributed by atoms with Crippen molar-refractivity contribution in [2.45, 2.75) is 6.92 Å². The molecular formula is C14H15BrO3. The van der Waals surface area contributed by atoms with Crippen LogP contribution in [0.3, 0.4) is 0 Å². The molecule has 0 heterocycles. The fourth-order valence-corrected chi connectivity index (χ4v) is 1.70. The molecule has 0 spiro atoms. The molecule has 0 amide bonds. The Labute approximate surface area is 115 Å². The van der Waals surface area contributed by atoms with E-state index in [0.29, 0.717) is 6.61 Å². The molecule has 4 heteroatoms. The van der Waals surface area contributed by atoms with Crippen LogP contribution in [0.5, 0.6) is 5.75 Å². The topological polar surface area (TPSA) is 35.5 Å². The van der Waals surface area contributed by atoms with Crippen molar-refractivity contribution in [3.8, 4) is 5.75 Å². The molecule has 0 unspecified atom stereocenters. The van der Waals surface area contributed by atoms with Crippen molar-refractivity contribution >= 4 is 28.0 Å². The van der Waals surface area contributed by atoms with E-state index in [0.717, 1.165) is 15.8 Å². The van der Waals surface area contributed by atoms with Crippen LogP contribution < -0.4 is 4.74 Å². The van der Waals surface area contributed by atoms with Crippen LogP contribution in [0.1, 0.15) is 12.5 Å². The van der Waals surface area contributed by atoms with Gasteiger partial charge >= 0.3 is 5.97 Å². The number of allylic oxidation sites excluding steroid dienone is 2. The Kier molecular flexibility index (Phi) is 6.22. The summed E-state index contributed by atoms with van der Waals surface area (Å²) in [5, 5.41) is 0. The average molecular weight is 311 g/mol. The maximum atomic E-state index is 11.1. The molecule has 0 saturated carbocycles. The molecule has 0 atom stereocenters. The predicted molar refractivity (Wildman–Crippen MR) is 75.5 cm³/mol. The zero-order valence-electron chi connectivity index (χ0n) is 10.4. The van der Waals surface area contributed by atoms with E-state index in [1.54, 1.807) is 26.2 Å². The highest BCUT2D eigenvalue weighted by molar-refractivity contribution is 9.10. The first kappa shape index (κ1) is 14.5. The predicted octanol–water partition coefficient (Wildman–Crippen LogP) is 3.59. The SMILES string of the molecule is CCOC(=O)C=CC=Cc1cc(Br)ccc1OC. The number of carbonyl (C=O) groups excluding carboxylic acids is 1. The Balaban J connectivity index is 2.72. The van der Waals surface area contributed by atoms with Crippen LogP contribution in [0.25, 0.3) is 6.08 Å². The van der Waals surface area contributed by atoms with Gasteiger partial charge in [-0.3, -0.25) is 0 Å². The molecule has 1 aromatic rings. The molecule has 0 saturated heterocycles. The van der Waals surface area contributed by atoms with Gasteiger partial charge in [0.25, 0.3) is 0 Å². The van der Waals surface area contributed by atoms with Gasteiger partial charge < -0.3 is 9.47 Å². The number of esters is 1. The van der Waals surface area contributed by atoms with Crippen LogP contribution in [0, 0.1) is 0 Å². The normalized spacial score (nSPS) is 11.1. The molecule has 3 nitrogen and oxygen atoms in total. The van der Waals surface area contributed by atoms with Crippen molar-refractivity contribution in [3.05, 3.63) is 46.5 Å². The molecule has 1 aromatic carbocycles. The first-order valence-electron chi connectivity index (χ1n) is 5.52. The van der Waals surface area contributed by atoms with E-state index >= 15 is 0 Å². The van der Waals surface area contributed by atoms with Crippen LogP contribution in [-0.2, 0) is 9.53 Å². The first-order chi connectivity index (χ1) is 8.67. The number of hydrogen-bond donors (Lipinski definition) is 0. The molecule has 0 N–H and O–H groups in total. The third-order valence-corrected chi connectivity index (χ3v) is 2.59. The van der Waals surface area contributed by atoms with Crippen molar-refractivity contribution in [1.29, 1.82) is 0 Å². The highest BCUT2D eigenvalue weighted by Gasteiger charge is 1.99. The van der Waals surface area contributed by atoms with Crippen molar-refractivity contribution in [2.75, 3.05) is 13.7 Å². The number of carbonyl (C=O) groups is 1. The van der Waals surface area contributed by atoms with Gasteiger partial charge in [-0.25, -0.2) is 4.79 Å². The van der Waals surface area contributed by atoms with E-state index in [1.165, 1.54) is 6.08 Å². The zero-order chi connectivity index (χ0) is 13.4. The summed E-state index contributed by atoms with van der Waals surface area (Å²) in [6, 6.07) is 5.72. The zero-order valence-corrected chi connectivity index (χ0v) is 11.9. The third-order valence-electron chi connectivity index (χ3n) is 2.10. The smallest absolute Gasteiger partial charge is 0.330 e. The monoisotopic (exact) mass is 310 g/mol. The average Bonchev–Trinajstić information content (AvgIpc) is 2.35.